The summed E-state index contributed by atoms with van der Waals surface area (Å²) in [5.41, 5.74) is 0.555. The van der Waals surface area contributed by atoms with Crippen LogP contribution >= 0.6 is 11.6 Å². The van der Waals surface area contributed by atoms with E-state index in [1.165, 1.54) is 44.7 Å². The molecule has 2 heterocycles. The number of alkyl halides is 1. The van der Waals surface area contributed by atoms with Crippen LogP contribution in [0.25, 0.3) is 0 Å². The van der Waals surface area contributed by atoms with E-state index in [0.717, 1.165) is 0 Å². The maximum absolute atomic E-state index is 12.6. The number of aromatic nitrogens is 4. The molecule has 0 N–H and O–H groups in total. The molecule has 0 unspecified atom stereocenters. The van der Waals surface area contributed by atoms with Gasteiger partial charge in [0.25, 0.3) is 0 Å². The van der Waals surface area contributed by atoms with Crippen molar-refractivity contribution in [1.29, 1.82) is 0 Å². The molecule has 0 amide bonds. The zero-order chi connectivity index (χ0) is 16.5. The SMILES string of the molecule is Cc1c[n+]([O-])c([C@](C)(Cl)[C@H](C)S(=O)(=O)c2ncccn2)cn1. The van der Waals surface area contributed by atoms with E-state index in [9.17, 15) is 13.6 Å². The van der Waals surface area contributed by atoms with Gasteiger partial charge < -0.3 is 5.21 Å². The first-order valence-electron chi connectivity index (χ1n) is 6.43. The predicted octanol–water partition coefficient (Wildman–Crippen LogP) is 1.13. The summed E-state index contributed by atoms with van der Waals surface area (Å²) in [6.07, 6.45) is 5.19. The third-order valence-corrected chi connectivity index (χ3v) is 6.23. The highest BCUT2D eigenvalue weighted by Gasteiger charge is 2.46. The maximum Gasteiger partial charge on any atom is 0.247 e. The van der Waals surface area contributed by atoms with Gasteiger partial charge in [-0.2, -0.15) is 4.73 Å². The van der Waals surface area contributed by atoms with E-state index >= 15 is 0 Å². The van der Waals surface area contributed by atoms with Crippen molar-refractivity contribution >= 4 is 21.4 Å². The van der Waals surface area contributed by atoms with Crippen molar-refractivity contribution in [2.75, 3.05) is 0 Å². The van der Waals surface area contributed by atoms with Gasteiger partial charge in [-0.05, 0) is 26.8 Å². The second-order valence-electron chi connectivity index (χ2n) is 5.03. The Labute approximate surface area is 133 Å². The van der Waals surface area contributed by atoms with Gasteiger partial charge in [-0.15, -0.1) is 11.6 Å². The number of nitrogens with zero attached hydrogens (tertiary/aromatic N) is 4. The van der Waals surface area contributed by atoms with Crippen molar-refractivity contribution in [2.24, 2.45) is 0 Å². The maximum atomic E-state index is 12.6. The van der Waals surface area contributed by atoms with Crippen LogP contribution < -0.4 is 4.73 Å². The number of sulfone groups is 1. The molecule has 0 saturated carbocycles. The Balaban J connectivity index is 2.49. The molecule has 0 aliphatic rings. The standard InChI is InChI=1S/C13H15ClN4O3S/c1-9-8-18(19)11(7-17-9)13(3,14)10(2)22(20,21)12-15-5-4-6-16-12/h4-8,10H,1-3H3/t10-,13+/m0/s1. The predicted molar refractivity (Wildman–Crippen MR) is 79.8 cm³/mol. The molecule has 2 aromatic heterocycles. The first-order valence-corrected chi connectivity index (χ1v) is 8.36. The molecule has 0 aliphatic carbocycles. The fourth-order valence-electron chi connectivity index (χ4n) is 1.92. The van der Waals surface area contributed by atoms with Gasteiger partial charge in [-0.25, -0.2) is 23.4 Å². The average molecular weight is 343 g/mol. The van der Waals surface area contributed by atoms with E-state index in [2.05, 4.69) is 15.0 Å². The van der Waals surface area contributed by atoms with Gasteiger partial charge in [-0.1, -0.05) is 0 Å². The molecular weight excluding hydrogens is 328 g/mol. The molecule has 0 bridgehead atoms. The molecule has 0 saturated heterocycles. The van der Waals surface area contributed by atoms with E-state index in [4.69, 9.17) is 11.6 Å². The largest absolute Gasteiger partial charge is 0.618 e. The second kappa shape index (κ2) is 5.77. The van der Waals surface area contributed by atoms with Crippen molar-refractivity contribution < 1.29 is 13.1 Å². The van der Waals surface area contributed by atoms with E-state index in [1.54, 1.807) is 6.92 Å². The molecule has 22 heavy (non-hydrogen) atoms. The van der Waals surface area contributed by atoms with Crippen LogP contribution in [0.2, 0.25) is 0 Å². The summed E-state index contributed by atoms with van der Waals surface area (Å²) >= 11 is 6.41. The Hall–Kier alpha value is -1.80. The number of aryl methyl sites for hydroxylation is 1. The molecular formula is C13H15ClN4O3S. The Bertz CT molecular complexity index is 781. The van der Waals surface area contributed by atoms with Gasteiger partial charge in [0, 0.05) is 12.4 Å². The molecule has 118 valence electrons. The summed E-state index contributed by atoms with van der Waals surface area (Å²) in [5.74, 6) is 0. The van der Waals surface area contributed by atoms with Crippen LogP contribution in [0.5, 0.6) is 0 Å². The number of halogens is 1. The smallest absolute Gasteiger partial charge is 0.247 e. The third kappa shape index (κ3) is 2.89. The van der Waals surface area contributed by atoms with E-state index in [-0.39, 0.29) is 10.9 Å². The zero-order valence-electron chi connectivity index (χ0n) is 12.3. The fourth-order valence-corrected chi connectivity index (χ4v) is 3.84. The van der Waals surface area contributed by atoms with Crippen LogP contribution in [0.4, 0.5) is 0 Å². The number of hydrogen-bond acceptors (Lipinski definition) is 6. The minimum absolute atomic E-state index is 0.0479. The van der Waals surface area contributed by atoms with Crippen LogP contribution in [0.15, 0.2) is 36.0 Å². The quantitative estimate of drug-likeness (QED) is 0.357. The van der Waals surface area contributed by atoms with Gasteiger partial charge in [0.1, 0.15) is 10.6 Å². The van der Waals surface area contributed by atoms with Crippen molar-refractivity contribution in [3.63, 3.8) is 0 Å². The van der Waals surface area contributed by atoms with Gasteiger partial charge in [0.15, 0.2) is 0 Å². The van der Waals surface area contributed by atoms with Gasteiger partial charge in [0.05, 0.1) is 11.4 Å². The lowest BCUT2D eigenvalue weighted by molar-refractivity contribution is -0.617. The average Bonchev–Trinajstić information content (AvgIpc) is 2.47. The lowest BCUT2D eigenvalue weighted by Gasteiger charge is -2.26. The first kappa shape index (κ1) is 16.6. The van der Waals surface area contributed by atoms with Crippen molar-refractivity contribution in [3.8, 4) is 0 Å². The van der Waals surface area contributed by atoms with Gasteiger partial charge in [0.2, 0.25) is 26.9 Å². The Morgan fingerprint density at radius 3 is 2.45 bits per heavy atom. The van der Waals surface area contributed by atoms with Crippen molar-refractivity contribution in [1.82, 2.24) is 15.0 Å². The molecule has 7 nitrogen and oxygen atoms in total. The Kier molecular flexibility index (Phi) is 4.35. The number of hydrogen-bond donors (Lipinski definition) is 0. The minimum atomic E-state index is -3.91. The fraction of sp³-hybridized carbons (Fsp3) is 0.385. The molecule has 2 atom stereocenters. The summed E-state index contributed by atoms with van der Waals surface area (Å²) in [6, 6.07) is 1.51. The van der Waals surface area contributed by atoms with Crippen LogP contribution in [0.3, 0.4) is 0 Å². The molecule has 0 fully saturated rings. The molecule has 0 radical (unpaired) electrons. The summed E-state index contributed by atoms with van der Waals surface area (Å²) < 4.78 is 25.7. The highest BCUT2D eigenvalue weighted by atomic mass is 35.5. The molecule has 2 rings (SSSR count). The highest BCUT2D eigenvalue weighted by molar-refractivity contribution is 7.92. The molecule has 0 aromatic carbocycles. The zero-order valence-corrected chi connectivity index (χ0v) is 13.8. The normalized spacial score (nSPS) is 16.0. The van der Waals surface area contributed by atoms with Gasteiger partial charge in [-0.3, -0.25) is 0 Å². The Morgan fingerprint density at radius 2 is 1.91 bits per heavy atom. The third-order valence-electron chi connectivity index (χ3n) is 3.46. The van der Waals surface area contributed by atoms with Crippen molar-refractivity contribution in [3.05, 3.63) is 47.4 Å². The van der Waals surface area contributed by atoms with Crippen LogP contribution in [-0.4, -0.2) is 28.6 Å². The molecule has 0 spiro atoms. The highest BCUT2D eigenvalue weighted by Crippen LogP contribution is 2.35. The summed E-state index contributed by atoms with van der Waals surface area (Å²) in [7, 11) is -3.91. The molecule has 0 aliphatic heterocycles. The number of rotatable bonds is 4. The topological polar surface area (TPSA) is 99.8 Å². The van der Waals surface area contributed by atoms with E-state index in [1.807, 2.05) is 0 Å². The summed E-state index contributed by atoms with van der Waals surface area (Å²) in [5, 5.41) is 10.6. The monoisotopic (exact) mass is 342 g/mol. The van der Waals surface area contributed by atoms with E-state index in [0.29, 0.717) is 10.4 Å². The lowest BCUT2D eigenvalue weighted by Crippen LogP contribution is -2.46. The van der Waals surface area contributed by atoms with E-state index < -0.39 is 20.0 Å². The van der Waals surface area contributed by atoms with Crippen molar-refractivity contribution in [2.45, 2.75) is 36.1 Å². The summed E-state index contributed by atoms with van der Waals surface area (Å²) in [4.78, 5) is 10.0. The summed E-state index contributed by atoms with van der Waals surface area (Å²) in [6.45, 7) is 4.53. The molecule has 9 heteroatoms. The van der Waals surface area contributed by atoms with Crippen LogP contribution in [0, 0.1) is 12.1 Å². The van der Waals surface area contributed by atoms with Gasteiger partial charge >= 0.3 is 0 Å². The van der Waals surface area contributed by atoms with Crippen LogP contribution in [-0.2, 0) is 14.7 Å². The molecule has 2 aromatic rings. The second-order valence-corrected chi connectivity index (χ2v) is 7.98. The van der Waals surface area contributed by atoms with Crippen LogP contribution in [0.1, 0.15) is 25.2 Å². The first-order chi connectivity index (χ1) is 10.2. The lowest BCUT2D eigenvalue weighted by atomic mass is 10.0. The Morgan fingerprint density at radius 1 is 1.32 bits per heavy atom. The minimum Gasteiger partial charge on any atom is -0.618 e.